The minimum atomic E-state index is 0.501. The number of aromatic nitrogens is 3. The fourth-order valence-electron chi connectivity index (χ4n) is 3.42. The molecule has 1 aliphatic heterocycles. The molecule has 1 fully saturated rings. The van der Waals surface area contributed by atoms with Gasteiger partial charge in [-0.3, -0.25) is 4.90 Å². The Morgan fingerprint density at radius 3 is 3.00 bits per heavy atom. The molecule has 24 heavy (non-hydrogen) atoms. The Labute approximate surface area is 146 Å². The second-order valence-corrected chi connectivity index (χ2v) is 7.46. The molecule has 1 aliphatic rings. The maximum Gasteiger partial charge on any atom is 0.151 e. The molecule has 2 aromatic heterocycles. The molecule has 0 N–H and O–H groups in total. The van der Waals surface area contributed by atoms with E-state index in [0.29, 0.717) is 6.04 Å². The molecule has 0 saturated carbocycles. The van der Waals surface area contributed by atoms with Gasteiger partial charge in [-0.05, 0) is 44.2 Å². The molecule has 0 aliphatic carbocycles. The number of thiazole rings is 1. The van der Waals surface area contributed by atoms with Crippen molar-refractivity contribution in [2.24, 2.45) is 0 Å². The van der Waals surface area contributed by atoms with Crippen LogP contribution >= 0.6 is 11.3 Å². The standard InChI is InChI=1S/C18H21N5S/c1-22(13-18-20-15-7-2-3-8-16(15)24-18)12-14-6-5-11-23(14)17-9-4-10-19-21-17/h2-4,7-10,14H,5-6,11-13H2,1H3/t14-/m0/s1. The van der Waals surface area contributed by atoms with Crippen LogP contribution in [0.25, 0.3) is 10.2 Å². The number of fused-ring (bicyclic) bond motifs is 1. The monoisotopic (exact) mass is 339 g/mol. The van der Waals surface area contributed by atoms with Crippen molar-refractivity contribution in [3.63, 3.8) is 0 Å². The first kappa shape index (κ1) is 15.5. The normalized spacial score (nSPS) is 17.9. The summed E-state index contributed by atoms with van der Waals surface area (Å²) >= 11 is 1.79. The molecule has 6 heteroatoms. The van der Waals surface area contributed by atoms with Gasteiger partial charge in [0.2, 0.25) is 0 Å². The summed E-state index contributed by atoms with van der Waals surface area (Å²) in [4.78, 5) is 9.51. The van der Waals surface area contributed by atoms with Crippen molar-refractivity contribution in [3.05, 3.63) is 47.6 Å². The average Bonchev–Trinajstić information content (AvgIpc) is 3.21. The van der Waals surface area contributed by atoms with Crippen LogP contribution in [-0.2, 0) is 6.54 Å². The number of hydrogen-bond acceptors (Lipinski definition) is 6. The Morgan fingerprint density at radius 2 is 2.17 bits per heavy atom. The molecule has 4 rings (SSSR count). The number of benzene rings is 1. The molecule has 5 nitrogen and oxygen atoms in total. The van der Waals surface area contributed by atoms with Gasteiger partial charge >= 0.3 is 0 Å². The van der Waals surface area contributed by atoms with Crippen molar-refractivity contribution in [1.82, 2.24) is 20.1 Å². The van der Waals surface area contributed by atoms with E-state index in [4.69, 9.17) is 4.98 Å². The Kier molecular flexibility index (Phi) is 4.40. The Balaban J connectivity index is 1.42. The minimum absolute atomic E-state index is 0.501. The van der Waals surface area contributed by atoms with E-state index in [9.17, 15) is 0 Å². The van der Waals surface area contributed by atoms with Crippen LogP contribution in [0.3, 0.4) is 0 Å². The zero-order valence-corrected chi connectivity index (χ0v) is 14.6. The highest BCUT2D eigenvalue weighted by molar-refractivity contribution is 7.18. The predicted octanol–water partition coefficient (Wildman–Crippen LogP) is 3.19. The van der Waals surface area contributed by atoms with Gasteiger partial charge in [-0.2, -0.15) is 5.10 Å². The first-order chi connectivity index (χ1) is 11.8. The summed E-state index contributed by atoms with van der Waals surface area (Å²) in [6.07, 6.45) is 4.16. The highest BCUT2D eigenvalue weighted by atomic mass is 32.1. The highest BCUT2D eigenvalue weighted by Gasteiger charge is 2.27. The van der Waals surface area contributed by atoms with Crippen molar-refractivity contribution >= 4 is 27.4 Å². The molecule has 0 spiro atoms. The zero-order valence-electron chi connectivity index (χ0n) is 13.8. The smallest absolute Gasteiger partial charge is 0.151 e. The number of para-hydroxylation sites is 1. The molecular weight excluding hydrogens is 318 g/mol. The third-order valence-electron chi connectivity index (χ3n) is 4.50. The number of anilines is 1. The lowest BCUT2D eigenvalue weighted by molar-refractivity contribution is 0.302. The largest absolute Gasteiger partial charge is 0.351 e. The van der Waals surface area contributed by atoms with Gasteiger partial charge in [-0.25, -0.2) is 4.98 Å². The van der Waals surface area contributed by atoms with E-state index in [2.05, 4.69) is 51.3 Å². The maximum absolute atomic E-state index is 4.75. The molecule has 3 aromatic rings. The first-order valence-corrected chi connectivity index (χ1v) is 9.18. The second kappa shape index (κ2) is 6.83. The van der Waals surface area contributed by atoms with Gasteiger partial charge in [0.15, 0.2) is 5.82 Å². The molecule has 124 valence electrons. The highest BCUT2D eigenvalue weighted by Crippen LogP contribution is 2.25. The number of likely N-dealkylation sites (N-methyl/N-ethyl adjacent to an activating group) is 1. The van der Waals surface area contributed by atoms with E-state index < -0.39 is 0 Å². The first-order valence-electron chi connectivity index (χ1n) is 8.37. The summed E-state index contributed by atoms with van der Waals surface area (Å²) in [5, 5.41) is 9.48. The fourth-order valence-corrected chi connectivity index (χ4v) is 4.46. The van der Waals surface area contributed by atoms with Crippen LogP contribution < -0.4 is 4.90 Å². The Bertz CT molecular complexity index is 770. The van der Waals surface area contributed by atoms with Crippen LogP contribution in [0, 0.1) is 0 Å². The molecule has 3 heterocycles. The van der Waals surface area contributed by atoms with Gasteiger partial charge in [0.1, 0.15) is 5.01 Å². The van der Waals surface area contributed by atoms with Crippen LogP contribution in [0.2, 0.25) is 0 Å². The number of rotatable bonds is 5. The topological polar surface area (TPSA) is 45.2 Å². The molecule has 0 bridgehead atoms. The third-order valence-corrected chi connectivity index (χ3v) is 5.52. The van der Waals surface area contributed by atoms with Crippen LogP contribution in [0.4, 0.5) is 5.82 Å². The van der Waals surface area contributed by atoms with Crippen LogP contribution in [0.1, 0.15) is 17.8 Å². The van der Waals surface area contributed by atoms with Gasteiger partial charge < -0.3 is 4.90 Å². The Hall–Kier alpha value is -2.05. The Morgan fingerprint density at radius 1 is 1.25 bits per heavy atom. The molecule has 0 radical (unpaired) electrons. The summed E-state index contributed by atoms with van der Waals surface area (Å²) in [5.41, 5.74) is 1.10. The summed E-state index contributed by atoms with van der Waals surface area (Å²) in [6.45, 7) is 2.98. The van der Waals surface area contributed by atoms with Gasteiger partial charge in [-0.15, -0.1) is 16.4 Å². The number of hydrogen-bond donors (Lipinski definition) is 0. The number of nitrogens with zero attached hydrogens (tertiary/aromatic N) is 5. The molecule has 1 atom stereocenters. The van der Waals surface area contributed by atoms with Gasteiger partial charge in [0.25, 0.3) is 0 Å². The minimum Gasteiger partial charge on any atom is -0.351 e. The molecule has 1 aromatic carbocycles. The second-order valence-electron chi connectivity index (χ2n) is 6.34. The predicted molar refractivity (Wildman–Crippen MR) is 98.4 cm³/mol. The lowest BCUT2D eigenvalue weighted by Gasteiger charge is -2.28. The molecule has 1 saturated heterocycles. The SMILES string of the molecule is CN(Cc1nc2ccccc2s1)C[C@@H]1CCCN1c1cccnn1. The summed E-state index contributed by atoms with van der Waals surface area (Å²) in [5.74, 6) is 0.994. The fraction of sp³-hybridized carbons (Fsp3) is 0.389. The summed E-state index contributed by atoms with van der Waals surface area (Å²) in [6, 6.07) is 12.9. The van der Waals surface area contributed by atoms with Crippen molar-refractivity contribution in [3.8, 4) is 0 Å². The lowest BCUT2D eigenvalue weighted by atomic mass is 10.2. The van der Waals surface area contributed by atoms with E-state index in [-0.39, 0.29) is 0 Å². The van der Waals surface area contributed by atoms with Crippen LogP contribution in [0.5, 0.6) is 0 Å². The summed E-state index contributed by atoms with van der Waals surface area (Å²) in [7, 11) is 2.18. The quantitative estimate of drug-likeness (QED) is 0.714. The molecule has 0 amide bonds. The van der Waals surface area contributed by atoms with E-state index in [0.717, 1.165) is 31.0 Å². The van der Waals surface area contributed by atoms with E-state index in [1.807, 2.05) is 12.1 Å². The van der Waals surface area contributed by atoms with Crippen molar-refractivity contribution in [1.29, 1.82) is 0 Å². The van der Waals surface area contributed by atoms with E-state index in [1.165, 1.54) is 22.5 Å². The van der Waals surface area contributed by atoms with Crippen LogP contribution in [0.15, 0.2) is 42.6 Å². The van der Waals surface area contributed by atoms with E-state index >= 15 is 0 Å². The molecular formula is C18H21N5S. The zero-order chi connectivity index (χ0) is 16.4. The maximum atomic E-state index is 4.75. The van der Waals surface area contributed by atoms with Crippen molar-refractivity contribution in [2.75, 3.05) is 25.0 Å². The van der Waals surface area contributed by atoms with Gasteiger partial charge in [-0.1, -0.05) is 12.1 Å². The van der Waals surface area contributed by atoms with E-state index in [1.54, 1.807) is 17.5 Å². The summed E-state index contributed by atoms with van der Waals surface area (Å²) < 4.78 is 1.27. The molecule has 0 unspecified atom stereocenters. The van der Waals surface area contributed by atoms with Gasteiger partial charge in [0.05, 0.1) is 16.8 Å². The van der Waals surface area contributed by atoms with Crippen LogP contribution in [-0.4, -0.2) is 46.3 Å². The average molecular weight is 339 g/mol. The lowest BCUT2D eigenvalue weighted by Crippen LogP contribution is -2.39. The van der Waals surface area contributed by atoms with Crippen molar-refractivity contribution < 1.29 is 0 Å². The van der Waals surface area contributed by atoms with Crippen molar-refractivity contribution in [2.45, 2.75) is 25.4 Å². The third kappa shape index (κ3) is 3.25. The van der Waals surface area contributed by atoms with Gasteiger partial charge in [0, 0.05) is 25.3 Å².